The minimum atomic E-state index is -0.289. The van der Waals surface area contributed by atoms with E-state index in [1.54, 1.807) is 18.2 Å². The maximum Gasteiger partial charge on any atom is 0.259 e. The molecule has 0 spiro atoms. The molecule has 2 N–H and O–H groups in total. The quantitative estimate of drug-likeness (QED) is 0.576. The Labute approximate surface area is 150 Å². The summed E-state index contributed by atoms with van der Waals surface area (Å²) in [4.78, 5) is 11.8. The smallest absolute Gasteiger partial charge is 0.259 e. The van der Waals surface area contributed by atoms with Crippen LogP contribution in [-0.4, -0.2) is 25.3 Å². The predicted molar refractivity (Wildman–Crippen MR) is 98.3 cm³/mol. The number of amides is 1. The van der Waals surface area contributed by atoms with Crippen LogP contribution in [0.5, 0.6) is 5.75 Å². The van der Waals surface area contributed by atoms with E-state index in [2.05, 4.69) is 15.8 Å². The minimum Gasteiger partial charge on any atom is -0.494 e. The molecule has 2 rings (SSSR count). The summed E-state index contributed by atoms with van der Waals surface area (Å²) in [7, 11) is 0. The molecule has 0 aromatic heterocycles. The summed E-state index contributed by atoms with van der Waals surface area (Å²) in [6.07, 6.45) is 1.42. The fraction of sp³-hybridized carbons (Fsp3) is 0.176. The van der Waals surface area contributed by atoms with Crippen molar-refractivity contribution in [1.29, 1.82) is 0 Å². The van der Waals surface area contributed by atoms with Crippen molar-refractivity contribution in [2.24, 2.45) is 5.10 Å². The number of nitrogens with zero attached hydrogens (tertiary/aromatic N) is 1. The average Bonchev–Trinajstić information content (AvgIpc) is 2.57. The number of hydrazone groups is 1. The highest BCUT2D eigenvalue weighted by atomic mass is 35.5. The lowest BCUT2D eigenvalue weighted by Gasteiger charge is -2.07. The number of halogens is 2. The standard InChI is InChI=1S/C17H17Cl2N3O2/c1-2-24-13-8-6-12(7-9-13)20-11-17(23)22-21-10-14-15(18)4-3-5-16(14)19/h3-10,20H,2,11H2,1H3,(H,22,23)/b21-10+. The molecule has 2 aromatic rings. The highest BCUT2D eigenvalue weighted by Gasteiger charge is 2.03. The molecule has 0 saturated heterocycles. The van der Waals surface area contributed by atoms with E-state index < -0.39 is 0 Å². The van der Waals surface area contributed by atoms with Crippen LogP contribution in [0.15, 0.2) is 47.6 Å². The Kier molecular flexibility index (Phi) is 6.90. The van der Waals surface area contributed by atoms with Crippen molar-refractivity contribution < 1.29 is 9.53 Å². The molecular weight excluding hydrogens is 349 g/mol. The maximum atomic E-state index is 11.8. The number of carbonyl (C=O) groups is 1. The van der Waals surface area contributed by atoms with Gasteiger partial charge in [-0.3, -0.25) is 4.79 Å². The second-order valence-electron chi connectivity index (χ2n) is 4.74. The highest BCUT2D eigenvalue weighted by Crippen LogP contribution is 2.22. The molecule has 0 aliphatic carbocycles. The van der Waals surface area contributed by atoms with Gasteiger partial charge >= 0.3 is 0 Å². The molecular formula is C17H17Cl2N3O2. The minimum absolute atomic E-state index is 0.0849. The van der Waals surface area contributed by atoms with Crippen LogP contribution in [-0.2, 0) is 4.79 Å². The van der Waals surface area contributed by atoms with Gasteiger partial charge in [-0.25, -0.2) is 5.43 Å². The zero-order chi connectivity index (χ0) is 17.4. The van der Waals surface area contributed by atoms with Gasteiger partial charge in [-0.15, -0.1) is 0 Å². The van der Waals surface area contributed by atoms with E-state index in [0.29, 0.717) is 22.2 Å². The van der Waals surface area contributed by atoms with E-state index >= 15 is 0 Å². The van der Waals surface area contributed by atoms with Crippen LogP contribution in [0.2, 0.25) is 10.0 Å². The molecule has 24 heavy (non-hydrogen) atoms. The molecule has 0 unspecified atom stereocenters. The Balaban J connectivity index is 1.82. The van der Waals surface area contributed by atoms with E-state index in [4.69, 9.17) is 27.9 Å². The van der Waals surface area contributed by atoms with Crippen LogP contribution >= 0.6 is 23.2 Å². The molecule has 126 valence electrons. The molecule has 0 fully saturated rings. The number of ether oxygens (including phenoxy) is 1. The van der Waals surface area contributed by atoms with Gasteiger partial charge in [0.2, 0.25) is 0 Å². The maximum absolute atomic E-state index is 11.8. The number of anilines is 1. The fourth-order valence-electron chi connectivity index (χ4n) is 1.86. The second kappa shape index (κ2) is 9.15. The number of carbonyl (C=O) groups excluding carboxylic acids is 1. The van der Waals surface area contributed by atoms with Gasteiger partial charge in [0, 0.05) is 11.3 Å². The van der Waals surface area contributed by atoms with Gasteiger partial charge in [-0.1, -0.05) is 29.3 Å². The SMILES string of the molecule is CCOc1ccc(NCC(=O)N/N=C/c2c(Cl)cccc2Cl)cc1. The summed E-state index contributed by atoms with van der Waals surface area (Å²) in [5.74, 6) is 0.497. The fourth-order valence-corrected chi connectivity index (χ4v) is 2.36. The van der Waals surface area contributed by atoms with E-state index in [0.717, 1.165) is 11.4 Å². The summed E-state index contributed by atoms with van der Waals surface area (Å²) >= 11 is 12.0. The third kappa shape index (κ3) is 5.44. The number of benzene rings is 2. The lowest BCUT2D eigenvalue weighted by molar-refractivity contribution is -0.119. The molecule has 0 aliphatic rings. The van der Waals surface area contributed by atoms with Crippen molar-refractivity contribution in [1.82, 2.24) is 5.43 Å². The van der Waals surface area contributed by atoms with Gasteiger partial charge in [0.1, 0.15) is 5.75 Å². The molecule has 0 aliphatic heterocycles. The highest BCUT2D eigenvalue weighted by molar-refractivity contribution is 6.38. The summed E-state index contributed by atoms with van der Waals surface area (Å²) in [5.41, 5.74) is 3.78. The number of rotatable bonds is 7. The lowest BCUT2D eigenvalue weighted by atomic mass is 10.2. The van der Waals surface area contributed by atoms with Crippen molar-refractivity contribution in [3.63, 3.8) is 0 Å². The summed E-state index contributed by atoms with van der Waals surface area (Å²) in [5, 5.41) is 7.78. The largest absolute Gasteiger partial charge is 0.494 e. The summed E-state index contributed by atoms with van der Waals surface area (Å²) in [6.45, 7) is 2.62. The van der Waals surface area contributed by atoms with E-state index in [9.17, 15) is 4.79 Å². The number of hydrogen-bond donors (Lipinski definition) is 2. The monoisotopic (exact) mass is 365 g/mol. The van der Waals surface area contributed by atoms with Crippen molar-refractivity contribution in [2.75, 3.05) is 18.5 Å². The molecule has 0 bridgehead atoms. The van der Waals surface area contributed by atoms with Crippen LogP contribution < -0.4 is 15.5 Å². The molecule has 5 nitrogen and oxygen atoms in total. The first-order valence-electron chi connectivity index (χ1n) is 7.32. The van der Waals surface area contributed by atoms with Crippen LogP contribution in [0, 0.1) is 0 Å². The Bertz CT molecular complexity index is 698. The predicted octanol–water partition coefficient (Wildman–Crippen LogP) is 3.95. The van der Waals surface area contributed by atoms with E-state index in [-0.39, 0.29) is 12.5 Å². The number of hydrogen-bond acceptors (Lipinski definition) is 4. The molecule has 1 amide bonds. The molecule has 2 aromatic carbocycles. The molecule has 0 saturated carbocycles. The zero-order valence-corrected chi connectivity index (χ0v) is 14.6. The van der Waals surface area contributed by atoms with Gasteiger partial charge in [0.05, 0.1) is 29.4 Å². The van der Waals surface area contributed by atoms with E-state index in [1.165, 1.54) is 6.21 Å². The normalized spacial score (nSPS) is 10.6. The molecule has 0 radical (unpaired) electrons. The Hall–Kier alpha value is -2.24. The Morgan fingerprint density at radius 2 is 1.83 bits per heavy atom. The van der Waals surface area contributed by atoms with Crippen LogP contribution in [0.25, 0.3) is 0 Å². The Morgan fingerprint density at radius 3 is 2.46 bits per heavy atom. The topological polar surface area (TPSA) is 62.7 Å². The lowest BCUT2D eigenvalue weighted by Crippen LogP contribution is -2.25. The first kappa shape index (κ1) is 18.1. The first-order chi connectivity index (χ1) is 11.6. The van der Waals surface area contributed by atoms with E-state index in [1.807, 2.05) is 31.2 Å². The molecule has 7 heteroatoms. The van der Waals surface area contributed by atoms with Crippen molar-refractivity contribution in [3.05, 3.63) is 58.1 Å². The van der Waals surface area contributed by atoms with Gasteiger partial charge < -0.3 is 10.1 Å². The Morgan fingerprint density at radius 1 is 1.17 bits per heavy atom. The first-order valence-corrected chi connectivity index (χ1v) is 8.08. The third-order valence-corrected chi connectivity index (χ3v) is 3.66. The van der Waals surface area contributed by atoms with Crippen LogP contribution in [0.3, 0.4) is 0 Å². The van der Waals surface area contributed by atoms with Gasteiger partial charge in [-0.2, -0.15) is 5.10 Å². The van der Waals surface area contributed by atoms with Crippen molar-refractivity contribution in [3.8, 4) is 5.75 Å². The number of nitrogens with one attached hydrogen (secondary N) is 2. The van der Waals surface area contributed by atoms with Crippen molar-refractivity contribution in [2.45, 2.75) is 6.92 Å². The van der Waals surface area contributed by atoms with Crippen LogP contribution in [0.4, 0.5) is 5.69 Å². The second-order valence-corrected chi connectivity index (χ2v) is 5.55. The van der Waals surface area contributed by atoms with Gasteiger partial charge in [-0.05, 0) is 43.3 Å². The van der Waals surface area contributed by atoms with Gasteiger partial charge in [0.15, 0.2) is 0 Å². The third-order valence-electron chi connectivity index (χ3n) is 3.00. The average molecular weight is 366 g/mol. The molecule has 0 heterocycles. The molecule has 0 atom stereocenters. The van der Waals surface area contributed by atoms with Gasteiger partial charge in [0.25, 0.3) is 5.91 Å². The summed E-state index contributed by atoms with van der Waals surface area (Å²) < 4.78 is 5.35. The van der Waals surface area contributed by atoms with Crippen molar-refractivity contribution >= 4 is 41.0 Å². The zero-order valence-electron chi connectivity index (χ0n) is 13.1. The van der Waals surface area contributed by atoms with Crippen LogP contribution in [0.1, 0.15) is 12.5 Å². The summed E-state index contributed by atoms with van der Waals surface area (Å²) in [6, 6.07) is 12.5.